The smallest absolute Gasteiger partial charge is 0.407 e. The van der Waals surface area contributed by atoms with E-state index in [2.05, 4.69) is 22.5 Å². The molecule has 2 amide bonds. The number of rotatable bonds is 8. The van der Waals surface area contributed by atoms with E-state index in [0.29, 0.717) is 19.4 Å². The predicted molar refractivity (Wildman–Crippen MR) is 91.4 cm³/mol. The first-order valence-electron chi connectivity index (χ1n) is 8.78. The van der Waals surface area contributed by atoms with Crippen LogP contribution in [0.4, 0.5) is 4.79 Å². The summed E-state index contributed by atoms with van der Waals surface area (Å²) in [6, 6.07) is 0.222. The molecule has 0 radical (unpaired) electrons. The Morgan fingerprint density at radius 2 is 1.87 bits per heavy atom. The summed E-state index contributed by atoms with van der Waals surface area (Å²) in [5.41, 5.74) is -0.495. The minimum Gasteiger partial charge on any atom is -0.444 e. The number of nitrogens with zero attached hydrogens (tertiary/aromatic N) is 1. The van der Waals surface area contributed by atoms with Crippen LogP contribution < -0.4 is 10.6 Å². The standard InChI is InChI=1S/C17H33N3O3/c1-5-14(13-20-11-6-7-12-20)19-15(21)9-8-10-18-16(22)23-17(2,3)4/h14H,5-13H2,1-4H3,(H,18,22)(H,19,21). The molecule has 0 aromatic carbocycles. The zero-order valence-electron chi connectivity index (χ0n) is 15.1. The second-order valence-electron chi connectivity index (χ2n) is 7.21. The second-order valence-corrected chi connectivity index (χ2v) is 7.21. The van der Waals surface area contributed by atoms with Crippen LogP contribution in [0.25, 0.3) is 0 Å². The lowest BCUT2D eigenvalue weighted by Gasteiger charge is -2.23. The van der Waals surface area contributed by atoms with Gasteiger partial charge in [0.2, 0.25) is 5.91 Å². The third-order valence-electron chi connectivity index (χ3n) is 3.78. The Bertz CT molecular complexity index is 374. The summed E-state index contributed by atoms with van der Waals surface area (Å²) >= 11 is 0. The molecular formula is C17H33N3O3. The van der Waals surface area contributed by atoms with Crippen molar-refractivity contribution in [2.45, 2.75) is 71.4 Å². The number of nitrogens with one attached hydrogen (secondary N) is 2. The van der Waals surface area contributed by atoms with Crippen molar-refractivity contribution in [2.24, 2.45) is 0 Å². The highest BCUT2D eigenvalue weighted by atomic mass is 16.6. The summed E-state index contributed by atoms with van der Waals surface area (Å²) in [6.07, 6.45) is 4.08. The fraction of sp³-hybridized carbons (Fsp3) is 0.882. The van der Waals surface area contributed by atoms with Gasteiger partial charge in [-0.25, -0.2) is 4.79 Å². The van der Waals surface area contributed by atoms with E-state index in [9.17, 15) is 9.59 Å². The van der Waals surface area contributed by atoms with Crippen LogP contribution in [0.15, 0.2) is 0 Å². The van der Waals surface area contributed by atoms with Crippen molar-refractivity contribution in [3.05, 3.63) is 0 Å². The molecule has 0 aliphatic carbocycles. The van der Waals surface area contributed by atoms with Crippen LogP contribution in [0.5, 0.6) is 0 Å². The van der Waals surface area contributed by atoms with E-state index in [-0.39, 0.29) is 11.9 Å². The highest BCUT2D eigenvalue weighted by Crippen LogP contribution is 2.09. The molecule has 1 aliphatic heterocycles. The van der Waals surface area contributed by atoms with Crippen molar-refractivity contribution in [2.75, 3.05) is 26.2 Å². The molecule has 6 heteroatoms. The van der Waals surface area contributed by atoms with E-state index >= 15 is 0 Å². The van der Waals surface area contributed by atoms with Gasteiger partial charge in [0.05, 0.1) is 0 Å². The predicted octanol–water partition coefficient (Wildman–Crippen LogP) is 2.28. The maximum Gasteiger partial charge on any atom is 0.407 e. The summed E-state index contributed by atoms with van der Waals surface area (Å²) in [6.45, 7) is 11.3. The van der Waals surface area contributed by atoms with Crippen LogP contribution in [0.2, 0.25) is 0 Å². The van der Waals surface area contributed by atoms with Gasteiger partial charge in [-0.05, 0) is 59.5 Å². The molecule has 1 atom stereocenters. The zero-order valence-corrected chi connectivity index (χ0v) is 15.1. The number of hydrogen-bond acceptors (Lipinski definition) is 4. The summed E-state index contributed by atoms with van der Waals surface area (Å²) in [7, 11) is 0. The molecule has 1 saturated heterocycles. The van der Waals surface area contributed by atoms with Crippen LogP contribution in [-0.4, -0.2) is 54.7 Å². The topological polar surface area (TPSA) is 70.7 Å². The lowest BCUT2D eigenvalue weighted by molar-refractivity contribution is -0.122. The minimum atomic E-state index is -0.495. The number of likely N-dealkylation sites (tertiary alicyclic amines) is 1. The van der Waals surface area contributed by atoms with Crippen LogP contribution in [0.1, 0.15) is 59.8 Å². The Hall–Kier alpha value is -1.30. The van der Waals surface area contributed by atoms with Crippen LogP contribution in [0.3, 0.4) is 0 Å². The van der Waals surface area contributed by atoms with Gasteiger partial charge < -0.3 is 20.3 Å². The molecule has 2 N–H and O–H groups in total. The van der Waals surface area contributed by atoms with E-state index in [4.69, 9.17) is 4.74 Å². The fourth-order valence-electron chi connectivity index (χ4n) is 2.61. The highest BCUT2D eigenvalue weighted by molar-refractivity contribution is 5.76. The van der Waals surface area contributed by atoms with Crippen LogP contribution >= 0.6 is 0 Å². The van der Waals surface area contributed by atoms with Gasteiger partial charge in [0.1, 0.15) is 5.60 Å². The van der Waals surface area contributed by atoms with Gasteiger partial charge in [-0.1, -0.05) is 6.92 Å². The number of hydrogen-bond donors (Lipinski definition) is 2. The molecule has 0 aromatic heterocycles. The number of amides is 2. The quantitative estimate of drug-likeness (QED) is 0.671. The number of alkyl carbamates (subject to hydrolysis) is 1. The number of carbonyl (C=O) groups excluding carboxylic acids is 2. The minimum absolute atomic E-state index is 0.0574. The largest absolute Gasteiger partial charge is 0.444 e. The average Bonchev–Trinajstić information content (AvgIpc) is 2.94. The number of carbonyl (C=O) groups is 2. The van der Waals surface area contributed by atoms with Gasteiger partial charge in [0.25, 0.3) is 0 Å². The first-order chi connectivity index (χ1) is 10.8. The highest BCUT2D eigenvalue weighted by Gasteiger charge is 2.18. The lowest BCUT2D eigenvalue weighted by atomic mass is 10.2. The SMILES string of the molecule is CCC(CN1CCCC1)NC(=O)CCCNC(=O)OC(C)(C)C. The Balaban J connectivity index is 2.13. The molecule has 1 fully saturated rings. The van der Waals surface area contributed by atoms with E-state index < -0.39 is 11.7 Å². The Morgan fingerprint density at radius 3 is 2.43 bits per heavy atom. The summed E-state index contributed by atoms with van der Waals surface area (Å²) in [5, 5.41) is 5.77. The molecule has 1 heterocycles. The van der Waals surface area contributed by atoms with E-state index in [1.807, 2.05) is 20.8 Å². The van der Waals surface area contributed by atoms with Crippen molar-refractivity contribution >= 4 is 12.0 Å². The maximum absolute atomic E-state index is 12.0. The molecule has 1 unspecified atom stereocenters. The molecule has 0 saturated carbocycles. The van der Waals surface area contributed by atoms with Crippen molar-refractivity contribution in [1.29, 1.82) is 0 Å². The molecule has 23 heavy (non-hydrogen) atoms. The summed E-state index contributed by atoms with van der Waals surface area (Å²) < 4.78 is 5.14. The average molecular weight is 327 g/mol. The van der Waals surface area contributed by atoms with Crippen molar-refractivity contribution in [3.8, 4) is 0 Å². The van der Waals surface area contributed by atoms with E-state index in [0.717, 1.165) is 26.1 Å². The zero-order chi connectivity index (χ0) is 17.3. The molecule has 134 valence electrons. The number of ether oxygens (including phenoxy) is 1. The van der Waals surface area contributed by atoms with Gasteiger partial charge in [0.15, 0.2) is 0 Å². The first kappa shape index (κ1) is 19.7. The second kappa shape index (κ2) is 9.75. The lowest BCUT2D eigenvalue weighted by Crippen LogP contribution is -2.42. The van der Waals surface area contributed by atoms with Crippen LogP contribution in [0, 0.1) is 0 Å². The Labute approximate surface area is 140 Å². The van der Waals surface area contributed by atoms with Gasteiger partial charge in [-0.15, -0.1) is 0 Å². The normalized spacial score (nSPS) is 16.9. The molecule has 0 spiro atoms. The molecular weight excluding hydrogens is 294 g/mol. The summed E-state index contributed by atoms with van der Waals surface area (Å²) in [4.78, 5) is 25.9. The van der Waals surface area contributed by atoms with Crippen molar-refractivity contribution in [1.82, 2.24) is 15.5 Å². The van der Waals surface area contributed by atoms with Crippen molar-refractivity contribution < 1.29 is 14.3 Å². The molecule has 0 aromatic rings. The maximum atomic E-state index is 12.0. The third kappa shape index (κ3) is 9.43. The molecule has 1 rings (SSSR count). The Morgan fingerprint density at radius 1 is 1.22 bits per heavy atom. The molecule has 1 aliphatic rings. The third-order valence-corrected chi connectivity index (χ3v) is 3.78. The van der Waals surface area contributed by atoms with Gasteiger partial charge in [-0.2, -0.15) is 0 Å². The molecule has 6 nitrogen and oxygen atoms in total. The van der Waals surface area contributed by atoms with Gasteiger partial charge >= 0.3 is 6.09 Å². The van der Waals surface area contributed by atoms with E-state index in [1.165, 1.54) is 12.8 Å². The van der Waals surface area contributed by atoms with Gasteiger partial charge in [-0.3, -0.25) is 4.79 Å². The first-order valence-corrected chi connectivity index (χ1v) is 8.78. The van der Waals surface area contributed by atoms with Gasteiger partial charge in [0, 0.05) is 25.6 Å². The van der Waals surface area contributed by atoms with E-state index in [1.54, 1.807) is 0 Å². The molecule has 0 bridgehead atoms. The summed E-state index contributed by atoms with van der Waals surface area (Å²) in [5.74, 6) is 0.0574. The Kier molecular flexibility index (Phi) is 8.37. The van der Waals surface area contributed by atoms with Crippen LogP contribution in [-0.2, 0) is 9.53 Å². The fourth-order valence-corrected chi connectivity index (χ4v) is 2.61. The van der Waals surface area contributed by atoms with Crippen molar-refractivity contribution in [3.63, 3.8) is 0 Å². The monoisotopic (exact) mass is 327 g/mol.